The van der Waals surface area contributed by atoms with Gasteiger partial charge < -0.3 is 24.7 Å². The van der Waals surface area contributed by atoms with Crippen LogP contribution in [0.15, 0.2) is 36.4 Å². The van der Waals surface area contributed by atoms with Gasteiger partial charge >= 0.3 is 12.1 Å². The second kappa shape index (κ2) is 11.6. The Balaban J connectivity index is 1.45. The third kappa shape index (κ3) is 5.95. The van der Waals surface area contributed by atoms with Crippen molar-refractivity contribution in [3.8, 4) is 11.8 Å². The van der Waals surface area contributed by atoms with Crippen molar-refractivity contribution in [3.05, 3.63) is 53.3 Å². The number of hydrogen-bond donors (Lipinski definition) is 2. The van der Waals surface area contributed by atoms with Gasteiger partial charge in [-0.25, -0.2) is 9.78 Å². The van der Waals surface area contributed by atoms with Gasteiger partial charge in [0, 0.05) is 23.8 Å². The smallest absolute Gasteiger partial charge is 0.415 e. The van der Waals surface area contributed by atoms with Gasteiger partial charge in [-0.1, -0.05) is 12.8 Å². The summed E-state index contributed by atoms with van der Waals surface area (Å²) in [6.45, 7) is 4.71. The third-order valence-corrected chi connectivity index (χ3v) is 6.44. The number of rotatable bonds is 9. The van der Waals surface area contributed by atoms with Crippen LogP contribution in [0.2, 0.25) is 0 Å². The van der Waals surface area contributed by atoms with Crippen molar-refractivity contribution in [1.29, 1.82) is 5.26 Å². The molecule has 1 aliphatic carbocycles. The molecule has 1 saturated carbocycles. The number of benzene rings is 2. The Bertz CT molecular complexity index is 1260. The molecule has 4 rings (SSSR count). The molecule has 36 heavy (non-hydrogen) atoms. The van der Waals surface area contributed by atoms with Gasteiger partial charge in [0.15, 0.2) is 0 Å². The minimum absolute atomic E-state index is 0.0706. The van der Waals surface area contributed by atoms with E-state index >= 15 is 0 Å². The van der Waals surface area contributed by atoms with Gasteiger partial charge in [-0.3, -0.25) is 4.79 Å². The molecule has 1 amide bonds. The molecule has 0 saturated heterocycles. The van der Waals surface area contributed by atoms with E-state index in [1.807, 2.05) is 25.1 Å². The Hall–Kier alpha value is -4.06. The number of ether oxygens (including phenoxy) is 2. The Morgan fingerprint density at radius 2 is 1.94 bits per heavy atom. The van der Waals surface area contributed by atoms with E-state index < -0.39 is 6.09 Å². The fourth-order valence-corrected chi connectivity index (χ4v) is 4.52. The van der Waals surface area contributed by atoms with Gasteiger partial charge in [0.05, 0.1) is 42.2 Å². The highest BCUT2D eigenvalue weighted by molar-refractivity contribution is 5.83. The van der Waals surface area contributed by atoms with Gasteiger partial charge in [-0.05, 0) is 63.1 Å². The molecular weight excluding hydrogens is 458 g/mol. The van der Waals surface area contributed by atoms with Gasteiger partial charge in [0.25, 0.3) is 0 Å². The zero-order valence-electron chi connectivity index (χ0n) is 20.7. The van der Waals surface area contributed by atoms with Crippen molar-refractivity contribution >= 4 is 28.8 Å². The molecule has 2 aromatic carbocycles. The molecule has 9 heteroatoms. The number of esters is 1. The van der Waals surface area contributed by atoms with Gasteiger partial charge in [0.2, 0.25) is 0 Å². The first-order valence-electron chi connectivity index (χ1n) is 12.3. The minimum atomic E-state index is -0.452. The summed E-state index contributed by atoms with van der Waals surface area (Å²) in [5.74, 6) is 0.872. The number of nitriles is 1. The number of carbonyl (C=O) groups excluding carboxylic acids is 2. The minimum Gasteiger partial charge on any atom is -0.466 e. The van der Waals surface area contributed by atoms with E-state index in [1.54, 1.807) is 30.0 Å². The number of aryl methyl sites for hydroxylation is 1. The summed E-state index contributed by atoms with van der Waals surface area (Å²) in [6, 6.07) is 13.0. The van der Waals surface area contributed by atoms with Crippen LogP contribution in [0.3, 0.4) is 0 Å². The standard InChI is InChI=1S/C27H31N5O4/c1-3-35-25(33)14-15-32(21-6-4-5-7-21)27(34)36-23-13-12-22-26(18(23)2)31-24(30-22)17-29-20-10-8-19(16-28)9-11-20/h8-13,21,29H,3-7,14-15,17H2,1-2H3,(H,30,31). The molecule has 188 valence electrons. The summed E-state index contributed by atoms with van der Waals surface area (Å²) in [7, 11) is 0. The molecule has 0 aliphatic heterocycles. The maximum absolute atomic E-state index is 13.2. The zero-order valence-corrected chi connectivity index (χ0v) is 20.7. The topological polar surface area (TPSA) is 120 Å². The SMILES string of the molecule is CCOC(=O)CCN(C(=O)Oc1ccc2[nH]c(CNc3ccc(C#N)cc3)nc2c1C)C1CCCC1. The Morgan fingerprint density at radius 3 is 2.64 bits per heavy atom. The van der Waals surface area contributed by atoms with Gasteiger partial charge in [0.1, 0.15) is 11.6 Å². The van der Waals surface area contributed by atoms with Crippen molar-refractivity contribution in [2.75, 3.05) is 18.5 Å². The fraction of sp³-hybridized carbons (Fsp3) is 0.407. The normalized spacial score (nSPS) is 13.4. The summed E-state index contributed by atoms with van der Waals surface area (Å²) in [5.41, 5.74) is 3.83. The number of H-pyrrole nitrogens is 1. The first-order valence-corrected chi connectivity index (χ1v) is 12.3. The highest BCUT2D eigenvalue weighted by Crippen LogP contribution is 2.29. The summed E-state index contributed by atoms with van der Waals surface area (Å²) in [6.07, 6.45) is 3.63. The quantitative estimate of drug-likeness (QED) is 0.403. The van der Waals surface area contributed by atoms with E-state index in [0.29, 0.717) is 24.5 Å². The average Bonchev–Trinajstić information content (AvgIpc) is 3.56. The molecule has 0 unspecified atom stereocenters. The van der Waals surface area contributed by atoms with Crippen molar-refractivity contribution in [3.63, 3.8) is 0 Å². The lowest BCUT2D eigenvalue weighted by Crippen LogP contribution is -2.42. The van der Waals surface area contributed by atoms with Crippen LogP contribution in [0.25, 0.3) is 11.0 Å². The fourth-order valence-electron chi connectivity index (χ4n) is 4.52. The van der Waals surface area contributed by atoms with Crippen molar-refractivity contribution < 1.29 is 19.1 Å². The number of imidazole rings is 1. The number of aromatic nitrogens is 2. The monoisotopic (exact) mass is 489 g/mol. The predicted octanol–water partition coefficient (Wildman–Crippen LogP) is 5.05. The number of aromatic amines is 1. The van der Waals surface area contributed by atoms with Crippen LogP contribution in [0.4, 0.5) is 10.5 Å². The predicted molar refractivity (Wildman–Crippen MR) is 136 cm³/mol. The molecule has 1 fully saturated rings. The molecule has 0 atom stereocenters. The van der Waals surface area contributed by atoms with Crippen molar-refractivity contribution in [2.24, 2.45) is 0 Å². The highest BCUT2D eigenvalue weighted by Gasteiger charge is 2.29. The van der Waals surface area contributed by atoms with E-state index in [2.05, 4.69) is 16.4 Å². The molecule has 2 N–H and O–H groups in total. The number of hydrogen-bond acceptors (Lipinski definition) is 7. The number of fused-ring (bicyclic) bond motifs is 1. The third-order valence-electron chi connectivity index (χ3n) is 6.44. The maximum atomic E-state index is 13.2. The largest absolute Gasteiger partial charge is 0.466 e. The molecule has 0 bridgehead atoms. The number of nitrogens with zero attached hydrogens (tertiary/aromatic N) is 3. The van der Waals surface area contributed by atoms with E-state index in [0.717, 1.165) is 53.8 Å². The van der Waals surface area contributed by atoms with Crippen LogP contribution in [0, 0.1) is 18.3 Å². The lowest BCUT2D eigenvalue weighted by atomic mass is 10.2. The zero-order chi connectivity index (χ0) is 25.5. The summed E-state index contributed by atoms with van der Waals surface area (Å²) in [5, 5.41) is 12.2. The molecule has 3 aromatic rings. The number of amides is 1. The molecule has 0 spiro atoms. The van der Waals surface area contributed by atoms with Crippen LogP contribution in [0.5, 0.6) is 5.75 Å². The van der Waals surface area contributed by atoms with Crippen LogP contribution in [-0.2, 0) is 16.1 Å². The average molecular weight is 490 g/mol. The van der Waals surface area contributed by atoms with E-state index in [-0.39, 0.29) is 25.0 Å². The number of carbonyl (C=O) groups is 2. The summed E-state index contributed by atoms with van der Waals surface area (Å²) < 4.78 is 10.9. The second-order valence-corrected chi connectivity index (χ2v) is 8.87. The van der Waals surface area contributed by atoms with Crippen LogP contribution >= 0.6 is 0 Å². The van der Waals surface area contributed by atoms with E-state index in [9.17, 15) is 9.59 Å². The van der Waals surface area contributed by atoms with Crippen molar-refractivity contribution in [2.45, 2.75) is 58.5 Å². The lowest BCUT2D eigenvalue weighted by molar-refractivity contribution is -0.143. The van der Waals surface area contributed by atoms with E-state index in [1.165, 1.54) is 0 Å². The molecule has 9 nitrogen and oxygen atoms in total. The molecule has 1 heterocycles. The Labute approximate surface area is 210 Å². The summed E-state index contributed by atoms with van der Waals surface area (Å²) >= 11 is 0. The second-order valence-electron chi connectivity index (χ2n) is 8.87. The number of nitrogens with one attached hydrogen (secondary N) is 2. The first-order chi connectivity index (χ1) is 17.5. The molecular formula is C27H31N5O4. The van der Waals surface area contributed by atoms with Crippen LogP contribution in [0.1, 0.15) is 56.0 Å². The molecule has 0 radical (unpaired) electrons. The van der Waals surface area contributed by atoms with Crippen LogP contribution in [-0.4, -0.2) is 46.1 Å². The lowest BCUT2D eigenvalue weighted by Gasteiger charge is -2.28. The summed E-state index contributed by atoms with van der Waals surface area (Å²) in [4.78, 5) is 34.7. The molecule has 1 aromatic heterocycles. The van der Waals surface area contributed by atoms with Gasteiger partial charge in [-0.15, -0.1) is 0 Å². The maximum Gasteiger partial charge on any atom is 0.415 e. The molecule has 1 aliphatic rings. The highest BCUT2D eigenvalue weighted by atomic mass is 16.6. The van der Waals surface area contributed by atoms with Crippen LogP contribution < -0.4 is 10.1 Å². The first kappa shape index (κ1) is 25.0. The van der Waals surface area contributed by atoms with Crippen molar-refractivity contribution in [1.82, 2.24) is 14.9 Å². The number of anilines is 1. The van der Waals surface area contributed by atoms with E-state index in [4.69, 9.17) is 19.7 Å². The Kier molecular flexibility index (Phi) is 8.06. The van der Waals surface area contributed by atoms with Gasteiger partial charge in [-0.2, -0.15) is 5.26 Å². The Morgan fingerprint density at radius 1 is 1.19 bits per heavy atom.